The first-order valence-corrected chi connectivity index (χ1v) is 9.43. The Morgan fingerprint density at radius 1 is 1.21 bits per heavy atom. The lowest BCUT2D eigenvalue weighted by Gasteiger charge is -2.64. The van der Waals surface area contributed by atoms with Crippen molar-refractivity contribution in [1.82, 2.24) is 14.9 Å². The molecular formula is C19H28N4O. The second-order valence-corrected chi connectivity index (χ2v) is 8.18. The van der Waals surface area contributed by atoms with Gasteiger partial charge < -0.3 is 9.80 Å². The highest BCUT2D eigenvalue weighted by atomic mass is 16.2. The molecule has 1 atom stereocenters. The van der Waals surface area contributed by atoms with Crippen LogP contribution < -0.4 is 4.90 Å². The molecule has 0 radical (unpaired) electrons. The van der Waals surface area contributed by atoms with Gasteiger partial charge >= 0.3 is 0 Å². The van der Waals surface area contributed by atoms with E-state index in [1.165, 1.54) is 19.3 Å². The van der Waals surface area contributed by atoms with Crippen molar-refractivity contribution in [1.29, 1.82) is 0 Å². The van der Waals surface area contributed by atoms with Gasteiger partial charge in [0.25, 0.3) is 0 Å². The zero-order valence-electron chi connectivity index (χ0n) is 14.8. The van der Waals surface area contributed by atoms with E-state index in [-0.39, 0.29) is 5.92 Å². The lowest BCUT2D eigenvalue weighted by Crippen LogP contribution is -2.71. The predicted octanol–water partition coefficient (Wildman–Crippen LogP) is 2.73. The Morgan fingerprint density at radius 3 is 2.42 bits per heavy atom. The largest absolute Gasteiger partial charge is 0.341 e. The van der Waals surface area contributed by atoms with Gasteiger partial charge in [-0.3, -0.25) is 4.79 Å². The third-order valence-electron chi connectivity index (χ3n) is 6.39. The summed E-state index contributed by atoms with van der Waals surface area (Å²) in [7, 11) is 0. The fraction of sp³-hybridized carbons (Fsp3) is 0.737. The molecule has 0 unspecified atom stereocenters. The Bertz CT molecular complexity index is 591. The van der Waals surface area contributed by atoms with Gasteiger partial charge in [0, 0.05) is 49.4 Å². The van der Waals surface area contributed by atoms with Gasteiger partial charge in [0.15, 0.2) is 0 Å². The van der Waals surface area contributed by atoms with Crippen LogP contribution in [0.5, 0.6) is 0 Å². The Kier molecular flexibility index (Phi) is 3.97. The predicted molar refractivity (Wildman–Crippen MR) is 93.6 cm³/mol. The van der Waals surface area contributed by atoms with Crippen LogP contribution in [0.25, 0.3) is 0 Å². The molecule has 3 aliphatic rings. The van der Waals surface area contributed by atoms with E-state index in [0.29, 0.717) is 23.3 Å². The smallest absolute Gasteiger partial charge is 0.226 e. The molecule has 4 rings (SSSR count). The van der Waals surface area contributed by atoms with Crippen LogP contribution in [0.2, 0.25) is 0 Å². The van der Waals surface area contributed by atoms with E-state index in [9.17, 15) is 4.79 Å². The number of hydrogen-bond acceptors (Lipinski definition) is 4. The molecule has 0 bridgehead atoms. The maximum atomic E-state index is 13.0. The number of nitrogens with zero attached hydrogens (tertiary/aromatic N) is 4. The summed E-state index contributed by atoms with van der Waals surface area (Å²) in [6, 6.07) is 2.32. The number of hydrogen-bond donors (Lipinski definition) is 0. The van der Waals surface area contributed by atoms with Gasteiger partial charge in [0.2, 0.25) is 11.9 Å². The fourth-order valence-corrected chi connectivity index (χ4v) is 5.13. The molecule has 24 heavy (non-hydrogen) atoms. The van der Waals surface area contributed by atoms with Crippen LogP contribution in [0.1, 0.15) is 46.0 Å². The Balaban J connectivity index is 1.37. The minimum atomic E-state index is 0.184. The van der Waals surface area contributed by atoms with Crippen molar-refractivity contribution in [2.45, 2.75) is 52.0 Å². The number of likely N-dealkylation sites (tertiary alicyclic amines) is 1. The first-order valence-electron chi connectivity index (χ1n) is 9.43. The normalized spacial score (nSPS) is 26.4. The third-order valence-corrected chi connectivity index (χ3v) is 6.39. The molecule has 1 aliphatic carbocycles. The zero-order valence-corrected chi connectivity index (χ0v) is 14.8. The summed E-state index contributed by atoms with van der Waals surface area (Å²) in [6.45, 7) is 7.33. The SMILES string of the molecule is CC(C)[C@@H]1N(C(=O)C2CCN(c3ncccn3)CC2)CC12CCC2. The summed E-state index contributed by atoms with van der Waals surface area (Å²) in [4.78, 5) is 26.1. The number of rotatable bonds is 3. The minimum absolute atomic E-state index is 0.184. The first kappa shape index (κ1) is 15.9. The quantitative estimate of drug-likeness (QED) is 0.856. The van der Waals surface area contributed by atoms with Gasteiger partial charge in [0.05, 0.1) is 0 Å². The van der Waals surface area contributed by atoms with Crippen molar-refractivity contribution in [2.75, 3.05) is 24.5 Å². The van der Waals surface area contributed by atoms with Gasteiger partial charge in [-0.2, -0.15) is 0 Å². The molecule has 2 aliphatic heterocycles. The maximum absolute atomic E-state index is 13.0. The highest BCUT2D eigenvalue weighted by Crippen LogP contribution is 2.55. The van der Waals surface area contributed by atoms with E-state index in [1.807, 2.05) is 6.07 Å². The third kappa shape index (κ3) is 2.49. The molecule has 3 heterocycles. The van der Waals surface area contributed by atoms with Crippen LogP contribution in [0.3, 0.4) is 0 Å². The van der Waals surface area contributed by atoms with Crippen LogP contribution in [0.4, 0.5) is 5.95 Å². The summed E-state index contributed by atoms with van der Waals surface area (Å²) in [5.74, 6) is 1.95. The van der Waals surface area contributed by atoms with E-state index < -0.39 is 0 Å². The van der Waals surface area contributed by atoms with Crippen molar-refractivity contribution < 1.29 is 4.79 Å². The van der Waals surface area contributed by atoms with Crippen molar-refractivity contribution in [2.24, 2.45) is 17.3 Å². The summed E-state index contributed by atoms with van der Waals surface area (Å²) in [5.41, 5.74) is 0.475. The summed E-state index contributed by atoms with van der Waals surface area (Å²) in [6.07, 6.45) is 9.40. The van der Waals surface area contributed by atoms with Gasteiger partial charge in [-0.25, -0.2) is 9.97 Å². The highest BCUT2D eigenvalue weighted by Gasteiger charge is 2.58. The van der Waals surface area contributed by atoms with Crippen LogP contribution >= 0.6 is 0 Å². The van der Waals surface area contributed by atoms with Gasteiger partial charge in [0.1, 0.15) is 0 Å². The van der Waals surface area contributed by atoms with Crippen molar-refractivity contribution in [3.05, 3.63) is 18.5 Å². The van der Waals surface area contributed by atoms with E-state index in [4.69, 9.17) is 0 Å². The average molecular weight is 328 g/mol. The van der Waals surface area contributed by atoms with E-state index in [0.717, 1.165) is 38.4 Å². The van der Waals surface area contributed by atoms with Crippen molar-refractivity contribution >= 4 is 11.9 Å². The molecule has 0 aromatic carbocycles. The molecule has 1 aromatic rings. The van der Waals surface area contributed by atoms with Crippen molar-refractivity contribution in [3.63, 3.8) is 0 Å². The Hall–Kier alpha value is -1.65. The molecule has 1 spiro atoms. The summed E-state index contributed by atoms with van der Waals surface area (Å²) >= 11 is 0. The van der Waals surface area contributed by atoms with Crippen LogP contribution in [-0.4, -0.2) is 46.5 Å². The second-order valence-electron chi connectivity index (χ2n) is 8.18. The van der Waals surface area contributed by atoms with Gasteiger partial charge in [-0.05, 0) is 37.7 Å². The number of aromatic nitrogens is 2. The van der Waals surface area contributed by atoms with E-state index in [1.54, 1.807) is 12.4 Å². The van der Waals surface area contributed by atoms with Gasteiger partial charge in [-0.15, -0.1) is 0 Å². The lowest BCUT2D eigenvalue weighted by atomic mass is 9.55. The molecule has 1 aromatic heterocycles. The maximum Gasteiger partial charge on any atom is 0.226 e. The molecule has 5 heteroatoms. The van der Waals surface area contributed by atoms with Gasteiger partial charge in [-0.1, -0.05) is 20.3 Å². The second kappa shape index (κ2) is 6.01. The molecule has 130 valence electrons. The van der Waals surface area contributed by atoms with E-state index in [2.05, 4.69) is 33.6 Å². The molecule has 0 N–H and O–H groups in total. The molecule has 5 nitrogen and oxygen atoms in total. The molecular weight excluding hydrogens is 300 g/mol. The molecule has 2 saturated heterocycles. The lowest BCUT2D eigenvalue weighted by molar-refractivity contribution is -0.179. The number of piperidine rings is 1. The Labute approximate surface area is 144 Å². The summed E-state index contributed by atoms with van der Waals surface area (Å²) < 4.78 is 0. The van der Waals surface area contributed by atoms with Crippen LogP contribution in [0.15, 0.2) is 18.5 Å². The number of carbonyl (C=O) groups is 1. The van der Waals surface area contributed by atoms with E-state index >= 15 is 0 Å². The number of carbonyl (C=O) groups excluding carboxylic acids is 1. The molecule has 3 fully saturated rings. The number of anilines is 1. The van der Waals surface area contributed by atoms with Crippen LogP contribution in [0, 0.1) is 17.3 Å². The topological polar surface area (TPSA) is 49.3 Å². The molecule has 1 amide bonds. The molecule has 1 saturated carbocycles. The zero-order chi connectivity index (χ0) is 16.7. The number of amides is 1. The first-order chi connectivity index (χ1) is 11.6. The fourth-order valence-electron chi connectivity index (χ4n) is 5.13. The van der Waals surface area contributed by atoms with Crippen LogP contribution in [-0.2, 0) is 4.79 Å². The Morgan fingerprint density at radius 2 is 1.88 bits per heavy atom. The monoisotopic (exact) mass is 328 g/mol. The van der Waals surface area contributed by atoms with Crippen molar-refractivity contribution in [3.8, 4) is 0 Å². The standard InChI is InChI=1S/C19H28N4O/c1-14(2)16-19(7-3-8-19)13-23(16)17(24)15-5-11-22(12-6-15)18-20-9-4-10-21-18/h4,9-10,14-16H,3,5-8,11-13H2,1-2H3/t16-/m0/s1. The minimum Gasteiger partial charge on any atom is -0.341 e. The summed E-state index contributed by atoms with van der Waals surface area (Å²) in [5, 5.41) is 0. The average Bonchev–Trinajstić information content (AvgIpc) is 2.53. The highest BCUT2D eigenvalue weighted by molar-refractivity contribution is 5.80.